The van der Waals surface area contributed by atoms with E-state index >= 15 is 0 Å². The molecule has 0 bridgehead atoms. The smallest absolute Gasteiger partial charge is 0.260 e. The summed E-state index contributed by atoms with van der Waals surface area (Å²) in [6, 6.07) is 0.124. The lowest BCUT2D eigenvalue weighted by Crippen LogP contribution is -2.44. The van der Waals surface area contributed by atoms with Gasteiger partial charge >= 0.3 is 0 Å². The van der Waals surface area contributed by atoms with Gasteiger partial charge in [-0.2, -0.15) is 0 Å². The summed E-state index contributed by atoms with van der Waals surface area (Å²) in [6.07, 6.45) is 1.18. The molecule has 1 saturated carbocycles. The van der Waals surface area contributed by atoms with Gasteiger partial charge in [-0.1, -0.05) is 0 Å². The highest BCUT2D eigenvalue weighted by Gasteiger charge is 2.62. The van der Waals surface area contributed by atoms with Gasteiger partial charge < -0.3 is 10.6 Å². The molecule has 2 aliphatic rings. The number of carbonyl (C=O) groups is 1. The minimum absolute atomic E-state index is 0. The number of hydrogen-bond donors (Lipinski definition) is 1. The van der Waals surface area contributed by atoms with Crippen LogP contribution in [0.5, 0.6) is 0 Å². The number of halogens is 3. The van der Waals surface area contributed by atoms with Crippen molar-refractivity contribution < 1.29 is 13.6 Å². The van der Waals surface area contributed by atoms with E-state index in [2.05, 4.69) is 0 Å². The summed E-state index contributed by atoms with van der Waals surface area (Å²) >= 11 is 0. The molecule has 88 valence electrons. The number of hydrogen-bond acceptors (Lipinski definition) is 2. The van der Waals surface area contributed by atoms with Gasteiger partial charge in [0.25, 0.3) is 5.92 Å². The van der Waals surface area contributed by atoms with Crippen LogP contribution < -0.4 is 5.73 Å². The Morgan fingerprint density at radius 2 is 1.80 bits per heavy atom. The third-order valence-electron chi connectivity index (χ3n) is 2.98. The van der Waals surface area contributed by atoms with Crippen LogP contribution in [-0.4, -0.2) is 35.9 Å². The molecule has 1 aliphatic heterocycles. The van der Waals surface area contributed by atoms with E-state index in [1.54, 1.807) is 0 Å². The molecular weight excluding hydrogens is 226 g/mol. The molecule has 2 N–H and O–H groups in total. The molecular formula is C9H15ClF2N2O. The van der Waals surface area contributed by atoms with Gasteiger partial charge in [-0.15, -0.1) is 12.4 Å². The Labute approximate surface area is 93.4 Å². The highest BCUT2D eigenvalue weighted by Crippen LogP contribution is 2.49. The zero-order valence-electron chi connectivity index (χ0n) is 8.29. The van der Waals surface area contributed by atoms with Gasteiger partial charge in [0, 0.05) is 25.6 Å². The molecule has 1 atom stereocenters. The van der Waals surface area contributed by atoms with Crippen LogP contribution in [-0.2, 0) is 4.79 Å². The van der Waals surface area contributed by atoms with Gasteiger partial charge in [0.2, 0.25) is 5.91 Å². The fraction of sp³-hybridized carbons (Fsp3) is 0.889. The third kappa shape index (κ3) is 2.58. The van der Waals surface area contributed by atoms with Gasteiger partial charge in [-0.05, 0) is 12.8 Å². The number of nitrogens with two attached hydrogens (primary N) is 1. The van der Waals surface area contributed by atoms with Crippen LogP contribution in [0.1, 0.15) is 19.3 Å². The van der Waals surface area contributed by atoms with Crippen LogP contribution >= 0.6 is 12.4 Å². The third-order valence-corrected chi connectivity index (χ3v) is 2.98. The summed E-state index contributed by atoms with van der Waals surface area (Å²) in [5.74, 6) is -4.17. The number of nitrogens with zero attached hydrogens (tertiary/aromatic N) is 1. The van der Waals surface area contributed by atoms with E-state index in [0.717, 1.165) is 12.8 Å². The summed E-state index contributed by atoms with van der Waals surface area (Å²) in [4.78, 5) is 13.0. The van der Waals surface area contributed by atoms with Crippen molar-refractivity contribution >= 4 is 18.3 Å². The summed E-state index contributed by atoms with van der Waals surface area (Å²) in [5.41, 5.74) is 5.66. The number of alkyl halides is 2. The number of carbonyl (C=O) groups excluding carboxylic acids is 1. The molecule has 0 aromatic heterocycles. The Hall–Kier alpha value is -0.420. The predicted octanol–water partition coefficient (Wildman–Crippen LogP) is 1.01. The number of amides is 1. The Morgan fingerprint density at radius 1 is 1.33 bits per heavy atom. The second-order valence-electron chi connectivity index (χ2n) is 4.18. The van der Waals surface area contributed by atoms with Crippen molar-refractivity contribution in [3.8, 4) is 0 Å². The monoisotopic (exact) mass is 240 g/mol. The van der Waals surface area contributed by atoms with Crippen molar-refractivity contribution in [2.24, 2.45) is 11.7 Å². The summed E-state index contributed by atoms with van der Waals surface area (Å²) in [7, 11) is 0. The molecule has 0 spiro atoms. The summed E-state index contributed by atoms with van der Waals surface area (Å²) in [6.45, 7) is 1.07. The van der Waals surface area contributed by atoms with Crippen molar-refractivity contribution in [3.63, 3.8) is 0 Å². The van der Waals surface area contributed by atoms with Crippen LogP contribution in [0.2, 0.25) is 0 Å². The van der Waals surface area contributed by atoms with Crippen LogP contribution in [0.3, 0.4) is 0 Å². The molecule has 1 heterocycles. The highest BCUT2D eigenvalue weighted by molar-refractivity contribution is 5.85. The lowest BCUT2D eigenvalue weighted by atomic mass is 10.1. The molecule has 0 aromatic rings. The average molecular weight is 241 g/mol. The first-order chi connectivity index (χ1) is 6.50. The lowest BCUT2D eigenvalue weighted by Gasteiger charge is -2.30. The summed E-state index contributed by atoms with van der Waals surface area (Å²) < 4.78 is 25.2. The van der Waals surface area contributed by atoms with Gasteiger partial charge in [-0.25, -0.2) is 8.78 Å². The normalized spacial score (nSPS) is 29.5. The topological polar surface area (TPSA) is 46.3 Å². The molecule has 15 heavy (non-hydrogen) atoms. The zero-order chi connectivity index (χ0) is 10.3. The Balaban J connectivity index is 0.00000112. The fourth-order valence-corrected chi connectivity index (χ4v) is 1.82. The quantitative estimate of drug-likeness (QED) is 0.744. The van der Waals surface area contributed by atoms with Crippen LogP contribution in [0.4, 0.5) is 8.78 Å². The van der Waals surface area contributed by atoms with Crippen molar-refractivity contribution in [2.45, 2.75) is 31.2 Å². The summed E-state index contributed by atoms with van der Waals surface area (Å²) in [5, 5.41) is 0. The molecule has 1 amide bonds. The second kappa shape index (κ2) is 4.22. The minimum Gasteiger partial charge on any atom is -0.342 e. The van der Waals surface area contributed by atoms with E-state index in [9.17, 15) is 13.6 Å². The van der Waals surface area contributed by atoms with Crippen molar-refractivity contribution in [1.29, 1.82) is 0 Å². The molecule has 1 saturated heterocycles. The molecule has 0 aromatic carbocycles. The first-order valence-corrected chi connectivity index (χ1v) is 4.93. The van der Waals surface area contributed by atoms with Gasteiger partial charge in [0.15, 0.2) is 0 Å². The van der Waals surface area contributed by atoms with Crippen molar-refractivity contribution in [3.05, 3.63) is 0 Å². The van der Waals surface area contributed by atoms with Crippen LogP contribution in [0.15, 0.2) is 0 Å². The molecule has 0 radical (unpaired) electrons. The van der Waals surface area contributed by atoms with Crippen LogP contribution in [0, 0.1) is 5.92 Å². The number of likely N-dealkylation sites (tertiary alicyclic amines) is 1. The maximum absolute atomic E-state index is 12.6. The highest BCUT2D eigenvalue weighted by atomic mass is 35.5. The zero-order valence-corrected chi connectivity index (χ0v) is 9.10. The molecule has 1 unspecified atom stereocenters. The van der Waals surface area contributed by atoms with E-state index in [4.69, 9.17) is 5.73 Å². The second-order valence-corrected chi connectivity index (χ2v) is 4.18. The maximum atomic E-state index is 12.6. The van der Waals surface area contributed by atoms with Gasteiger partial charge in [0.1, 0.15) is 5.92 Å². The van der Waals surface area contributed by atoms with E-state index in [1.807, 2.05) is 0 Å². The molecule has 1 aliphatic carbocycles. The standard InChI is InChI=1S/C9H14F2N2O.ClH/c10-9(11)5-7(9)8(14)13-3-1-6(12)2-4-13;/h6-7H,1-5,12H2;1H. The SMILES string of the molecule is Cl.NC1CCN(C(=O)C2CC2(F)F)CC1. The molecule has 2 rings (SSSR count). The molecule has 2 fully saturated rings. The Kier molecular flexibility index (Phi) is 3.55. The number of piperidine rings is 1. The van der Waals surface area contributed by atoms with Crippen molar-refractivity contribution in [1.82, 2.24) is 4.90 Å². The first-order valence-electron chi connectivity index (χ1n) is 4.93. The first kappa shape index (κ1) is 12.6. The van der Waals surface area contributed by atoms with E-state index < -0.39 is 11.8 Å². The molecule has 3 nitrogen and oxygen atoms in total. The van der Waals surface area contributed by atoms with Gasteiger partial charge in [-0.3, -0.25) is 4.79 Å². The van der Waals surface area contributed by atoms with E-state index in [-0.39, 0.29) is 30.8 Å². The Morgan fingerprint density at radius 3 is 2.20 bits per heavy atom. The average Bonchev–Trinajstić information content (AvgIpc) is 2.75. The minimum atomic E-state index is -2.74. The molecule has 6 heteroatoms. The van der Waals surface area contributed by atoms with E-state index in [0.29, 0.717) is 13.1 Å². The predicted molar refractivity (Wildman–Crippen MR) is 54.1 cm³/mol. The van der Waals surface area contributed by atoms with E-state index in [1.165, 1.54) is 4.90 Å². The van der Waals surface area contributed by atoms with Crippen molar-refractivity contribution in [2.75, 3.05) is 13.1 Å². The number of rotatable bonds is 1. The Bertz CT molecular complexity index is 254. The largest absolute Gasteiger partial charge is 0.342 e. The maximum Gasteiger partial charge on any atom is 0.260 e. The van der Waals surface area contributed by atoms with Crippen LogP contribution in [0.25, 0.3) is 0 Å². The lowest BCUT2D eigenvalue weighted by molar-refractivity contribution is -0.135. The fourth-order valence-electron chi connectivity index (χ4n) is 1.82. The van der Waals surface area contributed by atoms with Gasteiger partial charge in [0.05, 0.1) is 0 Å².